The van der Waals surface area contributed by atoms with Gasteiger partial charge < -0.3 is 51.8 Å². The smallest absolute Gasteiger partial charge is 0.409 e. The van der Waals surface area contributed by atoms with Gasteiger partial charge in [0.1, 0.15) is 30.3 Å². The SMILES string of the molecule is CNCCN(C)C(=O)OCc1ccc(N(C(=O)[C@@H](NC(=O)[C@H](CCCCNC(=O)OC(C)(C)C)NC(C)=O)C(C)C)[C@@H](CCCNC(N)=O)C(=O)O)cc1. The monoisotopic (exact) mass is 764 g/mol. The number of unbranched alkanes of at least 4 members (excludes halogenated alkanes) is 1. The predicted octanol–water partition coefficient (Wildman–Crippen LogP) is 2.05. The van der Waals surface area contributed by atoms with Crippen LogP contribution in [0.4, 0.5) is 20.1 Å². The van der Waals surface area contributed by atoms with E-state index in [-0.39, 0.29) is 44.6 Å². The second kappa shape index (κ2) is 23.5. The van der Waals surface area contributed by atoms with E-state index >= 15 is 0 Å². The number of amides is 7. The van der Waals surface area contributed by atoms with Crippen LogP contribution in [0.3, 0.4) is 0 Å². The number of anilines is 1. The molecule has 0 heterocycles. The van der Waals surface area contributed by atoms with Crippen molar-refractivity contribution < 1.29 is 48.1 Å². The van der Waals surface area contributed by atoms with Crippen molar-refractivity contribution in [2.75, 3.05) is 45.2 Å². The fourth-order valence-electron chi connectivity index (χ4n) is 5.12. The average molecular weight is 765 g/mol. The first-order valence-electron chi connectivity index (χ1n) is 18.0. The van der Waals surface area contributed by atoms with E-state index in [9.17, 15) is 38.7 Å². The van der Waals surface area contributed by atoms with Gasteiger partial charge in [0.2, 0.25) is 11.8 Å². The molecular formula is C36H60N8O10. The van der Waals surface area contributed by atoms with Crippen LogP contribution in [0.5, 0.6) is 0 Å². The number of carbonyl (C=O) groups is 7. The number of carboxylic acids is 1. The number of hydrogen-bond acceptors (Lipinski definition) is 10. The third-order valence-electron chi connectivity index (χ3n) is 7.89. The molecule has 3 atom stereocenters. The van der Waals surface area contributed by atoms with E-state index in [0.717, 1.165) is 4.90 Å². The first-order chi connectivity index (χ1) is 25.3. The zero-order valence-electron chi connectivity index (χ0n) is 32.8. The van der Waals surface area contributed by atoms with Crippen LogP contribution < -0.4 is 37.2 Å². The minimum Gasteiger partial charge on any atom is -0.480 e. The van der Waals surface area contributed by atoms with E-state index in [1.54, 1.807) is 60.8 Å². The molecule has 0 unspecified atom stereocenters. The van der Waals surface area contributed by atoms with Crippen molar-refractivity contribution >= 4 is 47.6 Å². The topological polar surface area (TPSA) is 251 Å². The van der Waals surface area contributed by atoms with Gasteiger partial charge in [0, 0.05) is 45.8 Å². The number of primary amides is 1. The number of ether oxygens (including phenoxy) is 2. The molecule has 0 saturated heterocycles. The third-order valence-corrected chi connectivity index (χ3v) is 7.89. The number of aliphatic carboxylic acids is 1. The molecule has 54 heavy (non-hydrogen) atoms. The number of benzene rings is 1. The van der Waals surface area contributed by atoms with Crippen LogP contribution in [-0.2, 0) is 35.3 Å². The fourth-order valence-corrected chi connectivity index (χ4v) is 5.12. The maximum Gasteiger partial charge on any atom is 0.409 e. The predicted molar refractivity (Wildman–Crippen MR) is 201 cm³/mol. The number of carboxylic acid groups (broad SMARTS) is 1. The van der Waals surface area contributed by atoms with E-state index in [1.165, 1.54) is 24.0 Å². The first kappa shape index (κ1) is 46.9. The van der Waals surface area contributed by atoms with Gasteiger partial charge in [-0.15, -0.1) is 0 Å². The van der Waals surface area contributed by atoms with Crippen LogP contribution in [0.1, 0.15) is 79.2 Å². The summed E-state index contributed by atoms with van der Waals surface area (Å²) >= 11 is 0. The van der Waals surface area contributed by atoms with Crippen molar-refractivity contribution in [3.8, 4) is 0 Å². The first-order valence-corrected chi connectivity index (χ1v) is 18.0. The summed E-state index contributed by atoms with van der Waals surface area (Å²) in [4.78, 5) is 90.9. The largest absolute Gasteiger partial charge is 0.480 e. The Morgan fingerprint density at radius 3 is 2.06 bits per heavy atom. The number of likely N-dealkylation sites (N-methyl/N-ethyl adjacent to an activating group) is 2. The summed E-state index contributed by atoms with van der Waals surface area (Å²) in [5.41, 5.74) is 5.28. The van der Waals surface area contributed by atoms with Gasteiger partial charge in [0.15, 0.2) is 0 Å². The molecule has 0 saturated carbocycles. The number of nitrogens with two attached hydrogens (primary N) is 1. The van der Waals surface area contributed by atoms with Gasteiger partial charge in [-0.3, -0.25) is 19.3 Å². The standard InChI is InChI=1S/C36H60N8O10/c1-23(2)29(42-30(46)27(41-24(3)45)12-9-10-18-40-34(51)54-36(4,5)6)31(47)44(28(32(48)49)13-11-19-39-33(37)50)26-16-14-25(15-17-26)22-53-35(52)43(8)21-20-38-7/h14-17,23,27-29,38H,9-13,18-22H2,1-8H3,(H,40,51)(H,41,45)(H,42,46)(H,48,49)(H3,37,39,50)/t27-,28-,29-/m0/s1. The molecule has 0 radical (unpaired) electrons. The van der Waals surface area contributed by atoms with Crippen molar-refractivity contribution in [1.29, 1.82) is 0 Å². The van der Waals surface area contributed by atoms with E-state index in [4.69, 9.17) is 15.2 Å². The molecule has 0 fully saturated rings. The van der Waals surface area contributed by atoms with Crippen molar-refractivity contribution in [2.24, 2.45) is 11.7 Å². The van der Waals surface area contributed by atoms with Gasteiger partial charge in [0.05, 0.1) is 0 Å². The number of rotatable bonds is 22. The molecule has 8 N–H and O–H groups in total. The normalized spacial score (nSPS) is 12.8. The lowest BCUT2D eigenvalue weighted by atomic mass is 9.98. The van der Waals surface area contributed by atoms with Crippen LogP contribution in [0.2, 0.25) is 0 Å². The molecule has 18 heteroatoms. The second-order valence-corrected chi connectivity index (χ2v) is 14.1. The quantitative estimate of drug-likeness (QED) is 0.0842. The summed E-state index contributed by atoms with van der Waals surface area (Å²) in [5, 5.41) is 23.7. The van der Waals surface area contributed by atoms with Crippen molar-refractivity contribution in [3.05, 3.63) is 29.8 Å². The lowest BCUT2D eigenvalue weighted by Crippen LogP contribution is -2.58. The summed E-state index contributed by atoms with van der Waals surface area (Å²) in [7, 11) is 3.37. The summed E-state index contributed by atoms with van der Waals surface area (Å²) in [5.74, 6) is -3.68. The molecule has 7 amide bonds. The molecule has 0 spiro atoms. The molecule has 0 aliphatic carbocycles. The van der Waals surface area contributed by atoms with Crippen LogP contribution in [0.25, 0.3) is 0 Å². The zero-order valence-corrected chi connectivity index (χ0v) is 32.8. The van der Waals surface area contributed by atoms with Crippen LogP contribution in [0.15, 0.2) is 24.3 Å². The molecule has 304 valence electrons. The van der Waals surface area contributed by atoms with Gasteiger partial charge in [0.25, 0.3) is 5.91 Å². The second-order valence-electron chi connectivity index (χ2n) is 14.1. The number of alkyl carbamates (subject to hydrolysis) is 1. The highest BCUT2D eigenvalue weighted by Crippen LogP contribution is 2.24. The van der Waals surface area contributed by atoms with Gasteiger partial charge in [-0.25, -0.2) is 19.2 Å². The summed E-state index contributed by atoms with van der Waals surface area (Å²) in [6.45, 7) is 11.1. The van der Waals surface area contributed by atoms with Crippen LogP contribution in [0, 0.1) is 5.92 Å². The molecule has 18 nitrogen and oxygen atoms in total. The molecule has 1 aromatic carbocycles. The Morgan fingerprint density at radius 1 is 0.889 bits per heavy atom. The summed E-state index contributed by atoms with van der Waals surface area (Å²) in [6.07, 6.45) is 0.0470. The van der Waals surface area contributed by atoms with Crippen LogP contribution in [-0.4, -0.2) is 116 Å². The maximum atomic E-state index is 14.4. The minimum atomic E-state index is -1.42. The molecular weight excluding hydrogens is 704 g/mol. The Kier molecular flexibility index (Phi) is 20.4. The van der Waals surface area contributed by atoms with Gasteiger partial charge in [-0.1, -0.05) is 26.0 Å². The van der Waals surface area contributed by atoms with E-state index in [1.807, 2.05) is 0 Å². The van der Waals surface area contributed by atoms with E-state index in [0.29, 0.717) is 31.5 Å². The molecule has 0 aliphatic rings. The Balaban J connectivity index is 3.30. The maximum absolute atomic E-state index is 14.4. The highest BCUT2D eigenvalue weighted by molar-refractivity contribution is 6.04. The van der Waals surface area contributed by atoms with E-state index in [2.05, 4.69) is 26.6 Å². The van der Waals surface area contributed by atoms with Gasteiger partial charge in [-0.05, 0) is 83.5 Å². The lowest BCUT2D eigenvalue weighted by Gasteiger charge is -2.34. The minimum absolute atomic E-state index is 0.0598. The summed E-state index contributed by atoms with van der Waals surface area (Å²) in [6, 6.07) is 1.79. The Labute approximate surface area is 317 Å². The summed E-state index contributed by atoms with van der Waals surface area (Å²) < 4.78 is 10.6. The highest BCUT2D eigenvalue weighted by atomic mass is 16.6. The number of hydrogen-bond donors (Lipinski definition) is 7. The van der Waals surface area contributed by atoms with E-state index < -0.39 is 71.6 Å². The molecule has 0 aliphatic heterocycles. The number of carbonyl (C=O) groups excluding carboxylic acids is 6. The van der Waals surface area contributed by atoms with Crippen molar-refractivity contribution in [1.82, 2.24) is 31.5 Å². The zero-order chi connectivity index (χ0) is 41.0. The lowest BCUT2D eigenvalue weighted by molar-refractivity contribution is -0.141. The number of nitrogens with zero attached hydrogens (tertiary/aromatic N) is 2. The average Bonchev–Trinajstić information content (AvgIpc) is 3.07. The Hall–Kier alpha value is -5.13. The number of urea groups is 1. The molecule has 0 bridgehead atoms. The highest BCUT2D eigenvalue weighted by Gasteiger charge is 2.37. The van der Waals surface area contributed by atoms with Crippen molar-refractivity contribution in [2.45, 2.75) is 104 Å². The molecule has 1 aromatic rings. The van der Waals surface area contributed by atoms with Crippen LogP contribution >= 0.6 is 0 Å². The molecule has 1 rings (SSSR count). The van der Waals surface area contributed by atoms with Crippen molar-refractivity contribution in [3.63, 3.8) is 0 Å². The van der Waals surface area contributed by atoms with Gasteiger partial charge in [-0.2, -0.15) is 0 Å². The Bertz CT molecular complexity index is 1400. The third kappa shape index (κ3) is 18.1. The fraction of sp³-hybridized carbons (Fsp3) is 0.639. The van der Waals surface area contributed by atoms with Gasteiger partial charge >= 0.3 is 24.2 Å². The number of nitrogens with one attached hydrogen (secondary N) is 5. The Morgan fingerprint density at radius 2 is 1.52 bits per heavy atom. The molecule has 0 aromatic heterocycles.